The van der Waals surface area contributed by atoms with Crippen LogP contribution in [0.1, 0.15) is 199 Å². The average Bonchev–Trinajstić information content (AvgIpc) is 3.14. The Morgan fingerprint density at radius 2 is 0.430 bits per heavy atom. The number of unbranched alkanes of at least 4 members (excludes halogenated alkanes) is 9. The van der Waals surface area contributed by atoms with E-state index in [1.807, 2.05) is 34.6 Å². The van der Waals surface area contributed by atoms with E-state index in [1.165, 1.54) is 45.4 Å². The summed E-state index contributed by atoms with van der Waals surface area (Å²) in [4.78, 5) is 0. The van der Waals surface area contributed by atoms with Crippen molar-refractivity contribution in [3.8, 4) is 0 Å². The summed E-state index contributed by atoms with van der Waals surface area (Å²) in [7, 11) is 0. The Bertz CT molecular complexity index is 312. The number of hydrogen-bond acceptors (Lipinski definition) is 8. The summed E-state index contributed by atoms with van der Waals surface area (Å²) in [5, 5.41) is 36.9. The second kappa shape index (κ2) is 401. The minimum absolute atomic E-state index is 0. The van der Waals surface area contributed by atoms with Crippen LogP contribution in [-0.2, 0) is 50.5 Å². The fourth-order valence-electron chi connectivity index (χ4n) is 1.06. The third-order valence-electron chi connectivity index (χ3n) is 3.45. The van der Waals surface area contributed by atoms with Crippen LogP contribution in [0.3, 0.4) is 0 Å². The van der Waals surface area contributed by atoms with E-state index in [4.69, 9.17) is 5.11 Å². The van der Waals surface area contributed by atoms with E-state index in [1.54, 1.807) is 29.9 Å². The van der Waals surface area contributed by atoms with Crippen LogP contribution >= 0.6 is 0 Å². The molecule has 0 saturated heterocycles. The van der Waals surface area contributed by atoms with E-state index >= 15 is 0 Å². The van der Waals surface area contributed by atoms with E-state index in [2.05, 4.69) is 113 Å². The van der Waals surface area contributed by atoms with E-state index in [0.29, 0.717) is 12.8 Å². The summed E-state index contributed by atoms with van der Waals surface area (Å²) >= 11 is 17.8. The molecule has 0 fully saturated rings. The second-order valence-electron chi connectivity index (χ2n) is 8.71. The van der Waals surface area contributed by atoms with Crippen LogP contribution in [0.4, 0.5) is 0 Å². The van der Waals surface area contributed by atoms with Crippen molar-refractivity contribution in [3.05, 3.63) is 77.1 Å². The van der Waals surface area contributed by atoms with Gasteiger partial charge in [-0.3, -0.25) is 0 Å². The van der Waals surface area contributed by atoms with Crippen LogP contribution in [0.5, 0.6) is 0 Å². The number of hydrogen-bond donors (Lipinski definition) is 0. The summed E-state index contributed by atoms with van der Waals surface area (Å²) in [6.45, 7) is 41.0. The van der Waals surface area contributed by atoms with Gasteiger partial charge >= 0.3 is 2090 Å². The topological polar surface area (TPSA) is 92.2 Å². The molecule has 0 aliphatic carbocycles. The van der Waals surface area contributed by atoms with Crippen molar-refractivity contribution >= 4 is 50.5 Å². The van der Waals surface area contributed by atoms with Gasteiger partial charge in [-0.05, 0) is 0 Å². The first kappa shape index (κ1) is 320. The predicted molar refractivity (Wildman–Crippen MR) is 236 cm³/mol. The van der Waals surface area contributed by atoms with Gasteiger partial charge in [0.15, 0.2) is 0 Å². The van der Waals surface area contributed by atoms with Crippen molar-refractivity contribution in [1.82, 2.24) is 0 Å². The zero-order valence-electron chi connectivity index (χ0n) is 71.4. The minimum atomic E-state index is 0. The molecule has 86 heavy (non-hydrogen) atoms. The molecule has 0 N–H and O–H groups in total. The Morgan fingerprint density at radius 1 is 0.267 bits per heavy atom. The molecular formula is C42H88O4Rb36S4+16. The van der Waals surface area contributed by atoms with Crippen molar-refractivity contribution < 1.29 is 2120 Å². The molecule has 0 rings (SSSR count). The van der Waals surface area contributed by atoms with Gasteiger partial charge in [0.1, 0.15) is 0 Å². The molecule has 0 amide bonds. The van der Waals surface area contributed by atoms with Gasteiger partial charge < -0.3 is 148 Å². The van der Waals surface area contributed by atoms with Crippen LogP contribution in [-0.4, -0.2) is 0 Å². The Balaban J connectivity index is -0.00000000386. The van der Waals surface area contributed by atoms with Crippen molar-refractivity contribution in [2.45, 2.75) is 199 Å². The molecule has 0 aromatic heterocycles. The molecule has 0 unspecified atom stereocenters. The summed E-state index contributed by atoms with van der Waals surface area (Å²) in [5.41, 5.74) is 0. The standard InChI is InChI=1S/C5H10O.C5H10S.C5H11.C4H8O.C4H8S.C4H9.C3H6O.C3H6S.C3H7.C2H4O.C2H4S.C2H5.36Rb/c2*1-2-3-4-5-6;1-3-5-4-2;2*1-2-3-4-5;1-3-4-2;2*1-2-3-4;1-3-2;2*1-2-3;1-2;;;;;;;;;;;;;;;;;;;;;;;;;;;;;;;;;;;;/h2*5H,2-4H2,1H3;1,3-5H2,2H3;2*4H,2-3H2,1H3;1,3-4H2,2H3;2*3H,2H2,1H3;1,3H2,2H3;2*2H,1H3;1H2,2H3;;;;;;;;;;;;;;;;;;;;;;;;;;;;;;;;;;;;/q2*-2;-1;2*-2;-1;2*-2;-1;2*-2;-1;36*+1. The first-order valence-corrected chi connectivity index (χ1v) is 20.4. The molecule has 0 aliphatic heterocycles. The second-order valence-corrected chi connectivity index (χ2v) is 10.2. The summed E-state index contributed by atoms with van der Waals surface area (Å²) in [6, 6.07) is 0. The van der Waals surface area contributed by atoms with Crippen molar-refractivity contribution in [2.75, 3.05) is 0 Å². The van der Waals surface area contributed by atoms with Gasteiger partial charge in [0, 0.05) is 0 Å². The van der Waals surface area contributed by atoms with E-state index in [9.17, 15) is 15.3 Å². The molecule has 0 atom stereocenters. The predicted octanol–water partition coefficient (Wildman–Crippen LogP) is -96.5. The molecule has 0 spiro atoms. The molecule has 0 saturated carbocycles. The third kappa shape index (κ3) is 507. The molecule has 0 aromatic carbocycles. The average molecular weight is 3860 g/mol. The minimum Gasteiger partial charge on any atom is -1.03 e. The van der Waals surface area contributed by atoms with Gasteiger partial charge in [-0.2, -0.15) is 26.2 Å². The Labute approximate surface area is 2340 Å². The largest absolute Gasteiger partial charge is 1.03 e. The third-order valence-corrected chi connectivity index (χ3v) is 4.26. The molecule has 0 radical (unpaired) electrons. The van der Waals surface area contributed by atoms with Gasteiger partial charge in [-0.25, -0.2) is 52.4 Å². The SMILES string of the molecule is CCCC[CH-][O-].CCCC[CH-][S-].CCC[CH-][O-].CCC[CH-][S-].CC[CH-][O-].CC[CH-][S-].C[CH-][O-].C[CH-][S-].[CH2-]C.[CH2-]CC.[CH2-]CCC.[CH2-]CCCC.[Rb+].[Rb+].[Rb+].[Rb+].[Rb+].[Rb+].[Rb+].[Rb+].[Rb+].[Rb+].[Rb+].[Rb+].[Rb+].[Rb+].[Rb+].[Rb+].[Rb+].[Rb+].[Rb+].[Rb+].[Rb+].[Rb+].[Rb+].[Rb+].[Rb+].[Rb+].[Rb+].[Rb+].[Rb+].[Rb+].[Rb+].[Rb+].[Rb+].[Rb+].[Rb+].[Rb+]. The van der Waals surface area contributed by atoms with Crippen LogP contribution in [0, 0.1) is 77.1 Å². The van der Waals surface area contributed by atoms with Gasteiger partial charge in [-0.1, -0.05) is 120 Å². The van der Waals surface area contributed by atoms with Crippen LogP contribution in [0.15, 0.2) is 0 Å². The summed E-state index contributed by atoms with van der Waals surface area (Å²) < 4.78 is 0. The monoisotopic (exact) mass is 3840 g/mol. The maximum Gasteiger partial charge on any atom is 1.00 e. The quantitative estimate of drug-likeness (QED) is 0.0910. The van der Waals surface area contributed by atoms with Crippen LogP contribution in [0.25, 0.3) is 0 Å². The van der Waals surface area contributed by atoms with E-state index in [0.717, 1.165) is 90.6 Å². The van der Waals surface area contributed by atoms with E-state index < -0.39 is 0 Å². The fraction of sp³-hybridized carbons (Fsp3) is 0.714. The first-order valence-electron chi connectivity index (χ1n) is 18.6. The zero-order valence-corrected chi connectivity index (χ0v) is 252. The van der Waals surface area contributed by atoms with Crippen LogP contribution in [0.2, 0.25) is 0 Å². The zero-order chi connectivity index (χ0) is 42.4. The summed E-state index contributed by atoms with van der Waals surface area (Å²) in [6.07, 6.45) is 19.0. The smallest absolute Gasteiger partial charge is 1.00 e. The van der Waals surface area contributed by atoms with Crippen molar-refractivity contribution in [1.29, 1.82) is 0 Å². The normalized spacial score (nSPS) is 4.47. The molecule has 4 nitrogen and oxygen atoms in total. The molecule has 44 heteroatoms. The van der Waals surface area contributed by atoms with Gasteiger partial charge in [-0.15, -0.1) is 0 Å². The first-order chi connectivity index (χ1) is 24.1. The number of rotatable bonds is 15. The Kier molecular flexibility index (Phi) is 1500. The van der Waals surface area contributed by atoms with Gasteiger partial charge in [0.25, 0.3) is 0 Å². The maximum absolute atomic E-state index is 9.56. The van der Waals surface area contributed by atoms with Gasteiger partial charge in [0.05, 0.1) is 0 Å². The maximum atomic E-state index is 9.56. The van der Waals surface area contributed by atoms with E-state index in [-0.39, 0.29) is 2090 Å². The molecule has 324 valence electrons. The fourth-order valence-corrected chi connectivity index (χ4v) is 1.46. The Morgan fingerprint density at radius 3 is 0.453 bits per heavy atom. The molecule has 0 bridgehead atoms. The van der Waals surface area contributed by atoms with Crippen molar-refractivity contribution in [3.63, 3.8) is 0 Å². The molecule has 0 aromatic rings. The van der Waals surface area contributed by atoms with Crippen LogP contribution < -0.4 is 2120 Å². The summed E-state index contributed by atoms with van der Waals surface area (Å²) in [5.74, 6) is 6.85. The Hall–Kier alpha value is 66.2. The molecule has 0 heterocycles. The molecule has 0 aliphatic rings. The molecular weight excluding hydrogens is 3770 g/mol. The van der Waals surface area contributed by atoms with Gasteiger partial charge in [0.2, 0.25) is 0 Å². The van der Waals surface area contributed by atoms with Crippen molar-refractivity contribution in [2.24, 2.45) is 0 Å².